The molecule has 1 saturated heterocycles. The summed E-state index contributed by atoms with van der Waals surface area (Å²) in [7, 11) is 0. The van der Waals surface area contributed by atoms with Crippen LogP contribution in [-0.2, 0) is 9.53 Å². The van der Waals surface area contributed by atoms with Crippen molar-refractivity contribution in [1.82, 2.24) is 4.90 Å². The van der Waals surface area contributed by atoms with E-state index in [1.807, 2.05) is 4.90 Å². The van der Waals surface area contributed by atoms with E-state index in [1.54, 1.807) is 0 Å². The quantitative estimate of drug-likeness (QED) is 0.513. The van der Waals surface area contributed by atoms with Gasteiger partial charge < -0.3 is 9.64 Å². The lowest BCUT2D eigenvalue weighted by Gasteiger charge is -2.34. The van der Waals surface area contributed by atoms with Crippen LogP contribution >= 0.6 is 0 Å². The number of rotatable bonds is 1. The predicted octanol–water partition coefficient (Wildman–Crippen LogP) is 0.396. The summed E-state index contributed by atoms with van der Waals surface area (Å²) in [4.78, 5) is 12.5. The molecule has 3 heteroatoms. The fourth-order valence-electron chi connectivity index (χ4n) is 2.09. The Hall–Kier alpha value is -0.570. The number of hydrogen-bond donors (Lipinski definition) is 0. The lowest BCUT2D eigenvalue weighted by molar-refractivity contribution is -0.130. The van der Waals surface area contributed by atoms with Gasteiger partial charge in [0.15, 0.2) is 0 Å². The zero-order chi connectivity index (χ0) is 7.68. The lowest BCUT2D eigenvalue weighted by Crippen LogP contribution is -2.47. The molecule has 2 unspecified atom stereocenters. The van der Waals surface area contributed by atoms with Crippen molar-refractivity contribution in [3.8, 4) is 0 Å². The molecule has 1 aliphatic heterocycles. The number of ether oxygens (including phenoxy) is 1. The smallest absolute Gasteiger partial charge is 0.210 e. The lowest BCUT2D eigenvalue weighted by atomic mass is 10.1. The molecule has 0 radical (unpaired) electrons. The molecular weight excluding hydrogens is 142 g/mol. The third-order valence-corrected chi connectivity index (χ3v) is 2.66. The Labute approximate surface area is 66.3 Å². The summed E-state index contributed by atoms with van der Waals surface area (Å²) in [6.07, 6.45) is 4.78. The van der Waals surface area contributed by atoms with Crippen molar-refractivity contribution in [3.63, 3.8) is 0 Å². The van der Waals surface area contributed by atoms with E-state index >= 15 is 0 Å². The summed E-state index contributed by atoms with van der Waals surface area (Å²) in [6.45, 7) is 1.50. The first kappa shape index (κ1) is 7.10. The standard InChI is InChI=1S/C8H13NO2/c10-6-9-4-5-11-8-3-1-2-7(8)9/h6-8H,1-5H2. The van der Waals surface area contributed by atoms with E-state index in [4.69, 9.17) is 4.74 Å². The van der Waals surface area contributed by atoms with E-state index in [1.165, 1.54) is 6.42 Å². The predicted molar refractivity (Wildman–Crippen MR) is 40.1 cm³/mol. The third-order valence-electron chi connectivity index (χ3n) is 2.66. The molecule has 0 aromatic heterocycles. The Morgan fingerprint density at radius 1 is 1.45 bits per heavy atom. The first-order chi connectivity index (χ1) is 5.42. The van der Waals surface area contributed by atoms with Gasteiger partial charge in [-0.2, -0.15) is 0 Å². The molecule has 0 spiro atoms. The van der Waals surface area contributed by atoms with Crippen molar-refractivity contribution in [1.29, 1.82) is 0 Å². The van der Waals surface area contributed by atoms with Gasteiger partial charge in [0, 0.05) is 6.54 Å². The number of nitrogens with zero attached hydrogens (tertiary/aromatic N) is 1. The fourth-order valence-corrected chi connectivity index (χ4v) is 2.09. The van der Waals surface area contributed by atoms with Crippen molar-refractivity contribution in [2.75, 3.05) is 13.2 Å². The van der Waals surface area contributed by atoms with Crippen LogP contribution in [0.4, 0.5) is 0 Å². The second kappa shape index (κ2) is 2.81. The molecule has 1 heterocycles. The first-order valence-corrected chi connectivity index (χ1v) is 4.24. The van der Waals surface area contributed by atoms with E-state index in [0.29, 0.717) is 12.1 Å². The number of carbonyl (C=O) groups is 1. The number of hydrogen-bond acceptors (Lipinski definition) is 2. The number of carbonyl (C=O) groups excluding carboxylic acids is 1. The number of amides is 1. The Bertz CT molecular complexity index is 160. The highest BCUT2D eigenvalue weighted by molar-refractivity contribution is 5.48. The van der Waals surface area contributed by atoms with Crippen LogP contribution in [0.25, 0.3) is 0 Å². The molecule has 0 aromatic carbocycles. The topological polar surface area (TPSA) is 29.5 Å². The van der Waals surface area contributed by atoms with Gasteiger partial charge in [-0.1, -0.05) is 0 Å². The monoisotopic (exact) mass is 155 g/mol. The molecule has 2 aliphatic rings. The highest BCUT2D eigenvalue weighted by atomic mass is 16.5. The normalized spacial score (nSPS) is 36.9. The molecule has 2 fully saturated rings. The Balaban J connectivity index is 2.06. The largest absolute Gasteiger partial charge is 0.374 e. The van der Waals surface area contributed by atoms with Crippen LogP contribution < -0.4 is 0 Å². The van der Waals surface area contributed by atoms with Gasteiger partial charge in [0.2, 0.25) is 6.41 Å². The van der Waals surface area contributed by atoms with Gasteiger partial charge in [0.05, 0.1) is 18.8 Å². The summed E-state index contributed by atoms with van der Waals surface area (Å²) < 4.78 is 5.53. The second-order valence-electron chi connectivity index (χ2n) is 3.25. The molecule has 3 nitrogen and oxygen atoms in total. The Kier molecular flexibility index (Phi) is 1.82. The molecule has 1 saturated carbocycles. The molecular formula is C8H13NO2. The van der Waals surface area contributed by atoms with Crippen LogP contribution in [0, 0.1) is 0 Å². The SMILES string of the molecule is O=CN1CCOC2CCCC21. The molecule has 0 aromatic rings. The molecule has 1 aliphatic carbocycles. The fraction of sp³-hybridized carbons (Fsp3) is 0.875. The van der Waals surface area contributed by atoms with Crippen LogP contribution in [0.15, 0.2) is 0 Å². The maximum Gasteiger partial charge on any atom is 0.210 e. The number of morpholine rings is 1. The van der Waals surface area contributed by atoms with Gasteiger partial charge in [0.25, 0.3) is 0 Å². The van der Waals surface area contributed by atoms with Crippen molar-refractivity contribution in [3.05, 3.63) is 0 Å². The molecule has 0 N–H and O–H groups in total. The van der Waals surface area contributed by atoms with Crippen molar-refractivity contribution >= 4 is 6.41 Å². The maximum absolute atomic E-state index is 10.6. The zero-order valence-corrected chi connectivity index (χ0v) is 6.53. The minimum Gasteiger partial charge on any atom is -0.374 e. The second-order valence-corrected chi connectivity index (χ2v) is 3.25. The van der Waals surface area contributed by atoms with Crippen LogP contribution in [0.3, 0.4) is 0 Å². The van der Waals surface area contributed by atoms with Gasteiger partial charge in [-0.25, -0.2) is 0 Å². The summed E-state index contributed by atoms with van der Waals surface area (Å²) in [6, 6.07) is 0.390. The zero-order valence-electron chi connectivity index (χ0n) is 6.53. The Morgan fingerprint density at radius 2 is 2.36 bits per heavy atom. The number of fused-ring (bicyclic) bond motifs is 1. The van der Waals surface area contributed by atoms with Crippen LogP contribution in [0.5, 0.6) is 0 Å². The van der Waals surface area contributed by atoms with E-state index in [9.17, 15) is 4.79 Å². The van der Waals surface area contributed by atoms with Gasteiger partial charge >= 0.3 is 0 Å². The molecule has 2 atom stereocenters. The van der Waals surface area contributed by atoms with E-state index in [0.717, 1.165) is 32.4 Å². The van der Waals surface area contributed by atoms with Crippen molar-refractivity contribution in [2.24, 2.45) is 0 Å². The molecule has 1 amide bonds. The maximum atomic E-state index is 10.6. The van der Waals surface area contributed by atoms with Gasteiger partial charge in [-0.3, -0.25) is 4.79 Å². The van der Waals surface area contributed by atoms with Gasteiger partial charge in [0.1, 0.15) is 0 Å². The average Bonchev–Trinajstić information content (AvgIpc) is 2.50. The summed E-state index contributed by atoms with van der Waals surface area (Å²) in [5.41, 5.74) is 0. The average molecular weight is 155 g/mol. The summed E-state index contributed by atoms with van der Waals surface area (Å²) in [5, 5.41) is 0. The first-order valence-electron chi connectivity index (χ1n) is 4.24. The van der Waals surface area contributed by atoms with E-state index in [2.05, 4.69) is 0 Å². The van der Waals surface area contributed by atoms with Gasteiger partial charge in [-0.05, 0) is 19.3 Å². The third kappa shape index (κ3) is 1.13. The summed E-state index contributed by atoms with van der Waals surface area (Å²) >= 11 is 0. The van der Waals surface area contributed by atoms with Crippen molar-refractivity contribution < 1.29 is 9.53 Å². The van der Waals surface area contributed by atoms with Crippen molar-refractivity contribution in [2.45, 2.75) is 31.4 Å². The van der Waals surface area contributed by atoms with Crippen LogP contribution in [-0.4, -0.2) is 36.6 Å². The molecule has 2 rings (SSSR count). The van der Waals surface area contributed by atoms with E-state index < -0.39 is 0 Å². The van der Waals surface area contributed by atoms with E-state index in [-0.39, 0.29) is 0 Å². The van der Waals surface area contributed by atoms with Crippen LogP contribution in [0.1, 0.15) is 19.3 Å². The van der Waals surface area contributed by atoms with Gasteiger partial charge in [-0.15, -0.1) is 0 Å². The highest BCUT2D eigenvalue weighted by Crippen LogP contribution is 2.28. The minimum atomic E-state index is 0.342. The summed E-state index contributed by atoms with van der Waals surface area (Å²) in [5.74, 6) is 0. The molecule has 11 heavy (non-hydrogen) atoms. The highest BCUT2D eigenvalue weighted by Gasteiger charge is 2.35. The molecule has 62 valence electrons. The Morgan fingerprint density at radius 3 is 3.18 bits per heavy atom. The van der Waals surface area contributed by atoms with Crippen LogP contribution in [0.2, 0.25) is 0 Å². The molecule has 0 bridgehead atoms. The minimum absolute atomic E-state index is 0.342.